The lowest BCUT2D eigenvalue weighted by Crippen LogP contribution is -2.31. The van der Waals surface area contributed by atoms with Crippen LogP contribution in [0.25, 0.3) is 21.8 Å². The van der Waals surface area contributed by atoms with Gasteiger partial charge in [-0.05, 0) is 37.1 Å². The first kappa shape index (κ1) is 18.2. The van der Waals surface area contributed by atoms with Crippen LogP contribution in [0.15, 0.2) is 48.7 Å². The van der Waals surface area contributed by atoms with Gasteiger partial charge >= 0.3 is 0 Å². The number of nitrogens with zero attached hydrogens (tertiary/aromatic N) is 4. The quantitative estimate of drug-likeness (QED) is 0.466. The Morgan fingerprint density at radius 3 is 2.76 bits per heavy atom. The molecule has 4 heteroatoms. The zero-order valence-corrected chi connectivity index (χ0v) is 17.2. The number of fused-ring (bicyclic) bond motifs is 3. The molecule has 3 heterocycles. The van der Waals surface area contributed by atoms with Gasteiger partial charge in [0.2, 0.25) is 0 Å². The van der Waals surface area contributed by atoms with Gasteiger partial charge in [-0.3, -0.25) is 4.90 Å². The van der Waals surface area contributed by atoms with Crippen LogP contribution >= 0.6 is 0 Å². The average molecular weight is 383 g/mol. The fraction of sp³-hybridized carbons (Fsp3) is 0.320. The molecule has 0 radical (unpaired) electrons. The molecule has 0 fully saturated rings. The molecular weight excluding hydrogens is 356 g/mol. The van der Waals surface area contributed by atoms with E-state index in [1.165, 1.54) is 33.2 Å². The van der Waals surface area contributed by atoms with E-state index in [4.69, 9.17) is 9.97 Å². The second-order valence-corrected chi connectivity index (χ2v) is 8.10. The van der Waals surface area contributed by atoms with Crippen molar-refractivity contribution in [3.05, 3.63) is 76.9 Å². The third kappa shape index (κ3) is 3.49. The SMILES string of the molecule is CCCc1ncc2c(n1)CCN(Cc1c3ccccc3nc3ccc(C)cc13)C2. The summed E-state index contributed by atoms with van der Waals surface area (Å²) in [5, 5.41) is 2.52. The summed E-state index contributed by atoms with van der Waals surface area (Å²) in [5.74, 6) is 0.987. The summed E-state index contributed by atoms with van der Waals surface area (Å²) in [6.45, 7) is 7.18. The van der Waals surface area contributed by atoms with Gasteiger partial charge in [0.1, 0.15) is 5.82 Å². The monoisotopic (exact) mass is 382 g/mol. The van der Waals surface area contributed by atoms with Crippen LogP contribution in [0.2, 0.25) is 0 Å². The Bertz CT molecular complexity index is 1200. The highest BCUT2D eigenvalue weighted by Crippen LogP contribution is 2.29. The number of aromatic nitrogens is 3. The third-order valence-corrected chi connectivity index (χ3v) is 5.87. The van der Waals surface area contributed by atoms with Crippen LogP contribution in [0.4, 0.5) is 0 Å². The van der Waals surface area contributed by atoms with E-state index >= 15 is 0 Å². The zero-order chi connectivity index (χ0) is 19.8. The van der Waals surface area contributed by atoms with Gasteiger partial charge < -0.3 is 0 Å². The minimum absolute atomic E-state index is 0.908. The molecule has 1 aliphatic rings. The molecule has 146 valence electrons. The molecule has 0 aliphatic carbocycles. The molecule has 0 saturated carbocycles. The van der Waals surface area contributed by atoms with Gasteiger partial charge in [-0.15, -0.1) is 0 Å². The Morgan fingerprint density at radius 2 is 1.86 bits per heavy atom. The predicted octanol–water partition coefficient (Wildman–Crippen LogP) is 5.00. The molecule has 0 unspecified atom stereocenters. The van der Waals surface area contributed by atoms with Crippen molar-refractivity contribution < 1.29 is 0 Å². The molecule has 5 rings (SSSR count). The second kappa shape index (κ2) is 7.53. The third-order valence-electron chi connectivity index (χ3n) is 5.87. The van der Waals surface area contributed by atoms with E-state index in [1.807, 2.05) is 6.20 Å². The zero-order valence-electron chi connectivity index (χ0n) is 17.2. The highest BCUT2D eigenvalue weighted by atomic mass is 15.1. The van der Waals surface area contributed by atoms with Gasteiger partial charge in [0.05, 0.1) is 11.0 Å². The van der Waals surface area contributed by atoms with Gasteiger partial charge in [-0.1, -0.05) is 36.8 Å². The van der Waals surface area contributed by atoms with Crippen molar-refractivity contribution in [1.82, 2.24) is 19.9 Å². The van der Waals surface area contributed by atoms with Crippen molar-refractivity contribution in [3.8, 4) is 0 Å². The number of aryl methyl sites for hydroxylation is 2. The Kier molecular flexibility index (Phi) is 4.72. The normalized spacial score (nSPS) is 14.4. The van der Waals surface area contributed by atoms with E-state index in [2.05, 4.69) is 66.2 Å². The van der Waals surface area contributed by atoms with Crippen molar-refractivity contribution in [2.24, 2.45) is 0 Å². The summed E-state index contributed by atoms with van der Waals surface area (Å²) in [7, 11) is 0. The lowest BCUT2D eigenvalue weighted by atomic mass is 9.99. The fourth-order valence-electron chi connectivity index (χ4n) is 4.38. The smallest absolute Gasteiger partial charge is 0.128 e. The first-order chi connectivity index (χ1) is 14.2. The van der Waals surface area contributed by atoms with Crippen LogP contribution in [0.5, 0.6) is 0 Å². The summed E-state index contributed by atoms with van der Waals surface area (Å²) in [6.07, 6.45) is 5.10. The van der Waals surface area contributed by atoms with Gasteiger partial charge in [-0.25, -0.2) is 15.0 Å². The van der Waals surface area contributed by atoms with Crippen LogP contribution < -0.4 is 0 Å². The second-order valence-electron chi connectivity index (χ2n) is 8.10. The number of hydrogen-bond acceptors (Lipinski definition) is 4. The lowest BCUT2D eigenvalue weighted by Gasteiger charge is -2.29. The molecule has 0 saturated heterocycles. The predicted molar refractivity (Wildman–Crippen MR) is 118 cm³/mol. The maximum Gasteiger partial charge on any atom is 0.128 e. The Morgan fingerprint density at radius 1 is 1.00 bits per heavy atom. The van der Waals surface area contributed by atoms with Gasteiger partial charge in [-0.2, -0.15) is 0 Å². The number of hydrogen-bond donors (Lipinski definition) is 0. The molecule has 1 aliphatic heterocycles. The molecule has 4 aromatic rings. The first-order valence-corrected chi connectivity index (χ1v) is 10.6. The summed E-state index contributed by atoms with van der Waals surface area (Å²) >= 11 is 0. The average Bonchev–Trinajstić information content (AvgIpc) is 2.74. The Balaban J connectivity index is 1.52. The van der Waals surface area contributed by atoms with Gasteiger partial charge in [0, 0.05) is 60.7 Å². The summed E-state index contributed by atoms with van der Waals surface area (Å²) in [6, 6.07) is 15.1. The van der Waals surface area contributed by atoms with Crippen molar-refractivity contribution in [2.45, 2.75) is 46.2 Å². The minimum Gasteiger partial charge on any atom is -0.294 e. The maximum atomic E-state index is 4.90. The van der Waals surface area contributed by atoms with E-state index in [1.54, 1.807) is 0 Å². The number of benzene rings is 2. The number of rotatable bonds is 4. The van der Waals surface area contributed by atoms with Crippen LogP contribution in [0, 0.1) is 6.92 Å². The summed E-state index contributed by atoms with van der Waals surface area (Å²) < 4.78 is 0. The van der Waals surface area contributed by atoms with Crippen molar-refractivity contribution >= 4 is 21.8 Å². The molecule has 2 aromatic carbocycles. The van der Waals surface area contributed by atoms with Crippen LogP contribution in [-0.2, 0) is 25.9 Å². The standard InChI is InChI=1S/C25H26N4/c1-3-6-25-26-14-18-15-29(12-11-22(18)28-25)16-21-19-7-4-5-8-23(19)27-24-10-9-17(2)13-20(21)24/h4-5,7-10,13-14H,3,6,11-12,15-16H2,1-2H3. The number of pyridine rings is 1. The van der Waals surface area contributed by atoms with E-state index < -0.39 is 0 Å². The highest BCUT2D eigenvalue weighted by molar-refractivity contribution is 5.97. The van der Waals surface area contributed by atoms with Crippen molar-refractivity contribution in [3.63, 3.8) is 0 Å². The largest absolute Gasteiger partial charge is 0.294 e. The summed E-state index contributed by atoms with van der Waals surface area (Å²) in [4.78, 5) is 16.8. The Labute approximate surface area is 171 Å². The molecule has 0 amide bonds. The van der Waals surface area contributed by atoms with E-state index in [9.17, 15) is 0 Å². The van der Waals surface area contributed by atoms with Crippen LogP contribution in [-0.4, -0.2) is 26.4 Å². The van der Waals surface area contributed by atoms with E-state index in [0.29, 0.717) is 0 Å². The first-order valence-electron chi connectivity index (χ1n) is 10.6. The van der Waals surface area contributed by atoms with Crippen molar-refractivity contribution in [2.75, 3.05) is 6.54 Å². The minimum atomic E-state index is 0.908. The topological polar surface area (TPSA) is 41.9 Å². The molecule has 0 bridgehead atoms. The molecule has 29 heavy (non-hydrogen) atoms. The fourth-order valence-corrected chi connectivity index (χ4v) is 4.38. The number of para-hydroxylation sites is 1. The molecule has 2 aromatic heterocycles. The molecule has 4 nitrogen and oxygen atoms in total. The van der Waals surface area contributed by atoms with Crippen molar-refractivity contribution in [1.29, 1.82) is 0 Å². The summed E-state index contributed by atoms with van der Waals surface area (Å²) in [5.41, 5.74) is 7.31. The molecule has 0 spiro atoms. The van der Waals surface area contributed by atoms with Crippen LogP contribution in [0.1, 0.15) is 41.6 Å². The maximum absolute atomic E-state index is 4.90. The highest BCUT2D eigenvalue weighted by Gasteiger charge is 2.20. The molecular formula is C25H26N4. The van der Waals surface area contributed by atoms with E-state index in [-0.39, 0.29) is 0 Å². The van der Waals surface area contributed by atoms with Crippen LogP contribution in [0.3, 0.4) is 0 Å². The van der Waals surface area contributed by atoms with E-state index in [0.717, 1.165) is 55.8 Å². The van der Waals surface area contributed by atoms with Gasteiger partial charge in [0.15, 0.2) is 0 Å². The Hall–Kier alpha value is -2.85. The van der Waals surface area contributed by atoms with Gasteiger partial charge in [0.25, 0.3) is 0 Å². The molecule has 0 atom stereocenters. The molecule has 0 N–H and O–H groups in total. The lowest BCUT2D eigenvalue weighted by molar-refractivity contribution is 0.244.